The maximum absolute atomic E-state index is 13.3. The van der Waals surface area contributed by atoms with E-state index in [4.69, 9.17) is 0 Å². The highest BCUT2D eigenvalue weighted by Gasteiger charge is 2.91. The molecule has 1 rings (SSSR count). The van der Waals surface area contributed by atoms with Gasteiger partial charge in [-0.15, -0.1) is 10.2 Å². The lowest BCUT2D eigenvalue weighted by Gasteiger charge is -2.39. The van der Waals surface area contributed by atoms with E-state index in [0.29, 0.717) is 0 Å². The first-order valence-corrected chi connectivity index (χ1v) is 5.83. The normalized spacial score (nSPS) is 15.7. The van der Waals surface area contributed by atoms with Crippen LogP contribution >= 0.6 is 11.3 Å². The maximum Gasteiger partial charge on any atom is 0.460 e. The van der Waals surface area contributed by atoms with Gasteiger partial charge in [-0.2, -0.15) is 57.1 Å². The standard InChI is InChI=1S/C8F13N2S/c9-3(10,2-23-22-1-24-2)4(11,12)5(13,14)6(15,16)7(17,18)8(19,20)21. The lowest BCUT2D eigenvalue weighted by Crippen LogP contribution is -2.69. The number of rotatable bonds is 5. The molecular weight excluding hydrogens is 403 g/mol. The van der Waals surface area contributed by atoms with Crippen LogP contribution in [-0.4, -0.2) is 40.1 Å². The fourth-order valence-electron chi connectivity index (χ4n) is 1.18. The van der Waals surface area contributed by atoms with Gasteiger partial charge in [-0.1, -0.05) is 11.3 Å². The van der Waals surface area contributed by atoms with Gasteiger partial charge in [0.25, 0.3) is 0 Å². The molecule has 0 amide bonds. The van der Waals surface area contributed by atoms with Crippen molar-refractivity contribution >= 4 is 11.3 Å². The van der Waals surface area contributed by atoms with Crippen LogP contribution in [0.4, 0.5) is 57.1 Å². The minimum Gasteiger partial charge on any atom is -0.192 e. The van der Waals surface area contributed by atoms with Crippen LogP contribution in [-0.2, 0) is 5.92 Å². The quantitative estimate of drug-likeness (QED) is 0.676. The van der Waals surface area contributed by atoms with E-state index < -0.39 is 52.1 Å². The number of halogens is 13. The summed E-state index contributed by atoms with van der Waals surface area (Å²) in [6, 6.07) is 0. The van der Waals surface area contributed by atoms with E-state index in [1.54, 1.807) is 0 Å². The van der Waals surface area contributed by atoms with Crippen molar-refractivity contribution in [2.24, 2.45) is 0 Å². The molecule has 24 heavy (non-hydrogen) atoms. The van der Waals surface area contributed by atoms with Crippen LogP contribution in [0.15, 0.2) is 0 Å². The average Bonchev–Trinajstić information content (AvgIpc) is 2.90. The van der Waals surface area contributed by atoms with E-state index in [9.17, 15) is 57.1 Å². The Labute approximate surface area is 126 Å². The molecule has 0 atom stereocenters. The molecule has 0 N–H and O–H groups in total. The Hall–Kier alpha value is -1.35. The minimum atomic E-state index is -7.92. The van der Waals surface area contributed by atoms with Gasteiger partial charge in [0.15, 0.2) is 10.5 Å². The van der Waals surface area contributed by atoms with Crippen molar-refractivity contribution in [3.8, 4) is 0 Å². The number of aromatic nitrogens is 2. The van der Waals surface area contributed by atoms with Gasteiger partial charge < -0.3 is 0 Å². The Morgan fingerprint density at radius 1 is 0.625 bits per heavy atom. The second kappa shape index (κ2) is 5.32. The molecule has 0 aliphatic rings. The third-order valence-corrected chi connectivity index (χ3v) is 3.23. The molecule has 16 heteroatoms. The summed E-state index contributed by atoms with van der Waals surface area (Å²) in [6.07, 6.45) is -7.43. The van der Waals surface area contributed by atoms with Crippen LogP contribution in [0.1, 0.15) is 5.01 Å². The number of hydrogen-bond donors (Lipinski definition) is 0. The van der Waals surface area contributed by atoms with Gasteiger partial charge in [0, 0.05) is 0 Å². The van der Waals surface area contributed by atoms with Crippen LogP contribution < -0.4 is 0 Å². The first kappa shape index (κ1) is 20.7. The van der Waals surface area contributed by atoms with Gasteiger partial charge in [0.2, 0.25) is 0 Å². The van der Waals surface area contributed by atoms with Gasteiger partial charge in [-0.3, -0.25) is 0 Å². The van der Waals surface area contributed by atoms with Gasteiger partial charge in [-0.25, -0.2) is 0 Å². The van der Waals surface area contributed by atoms with E-state index in [1.807, 2.05) is 0 Å². The van der Waals surface area contributed by atoms with Crippen LogP contribution in [0.25, 0.3) is 0 Å². The smallest absolute Gasteiger partial charge is 0.192 e. The van der Waals surface area contributed by atoms with E-state index >= 15 is 0 Å². The zero-order valence-electron chi connectivity index (χ0n) is 10.2. The van der Waals surface area contributed by atoms with Gasteiger partial charge in [-0.05, 0) is 0 Å². The highest BCUT2D eigenvalue weighted by molar-refractivity contribution is 7.08. The molecule has 1 heterocycles. The monoisotopic (exact) mass is 403 g/mol. The van der Waals surface area contributed by atoms with E-state index in [2.05, 4.69) is 10.2 Å². The molecule has 0 aromatic carbocycles. The third-order valence-electron chi connectivity index (χ3n) is 2.53. The molecule has 0 saturated heterocycles. The third kappa shape index (κ3) is 2.48. The Morgan fingerprint density at radius 2 is 1.04 bits per heavy atom. The van der Waals surface area contributed by atoms with Crippen LogP contribution in [0.2, 0.25) is 0 Å². The van der Waals surface area contributed by atoms with Crippen molar-refractivity contribution in [2.45, 2.75) is 35.8 Å². The topological polar surface area (TPSA) is 25.8 Å². The highest BCUT2D eigenvalue weighted by atomic mass is 32.1. The molecule has 1 radical (unpaired) electrons. The fraction of sp³-hybridized carbons (Fsp3) is 0.750. The zero-order chi connectivity index (χ0) is 19.4. The van der Waals surface area contributed by atoms with Crippen LogP contribution in [0, 0.1) is 5.51 Å². The summed E-state index contributed by atoms with van der Waals surface area (Å²) in [5.41, 5.74) is 1.36. The number of nitrogens with zero attached hydrogens (tertiary/aromatic N) is 2. The molecule has 2 nitrogen and oxygen atoms in total. The van der Waals surface area contributed by atoms with Gasteiger partial charge >= 0.3 is 35.8 Å². The molecule has 0 spiro atoms. The molecule has 139 valence electrons. The van der Waals surface area contributed by atoms with Crippen molar-refractivity contribution in [3.05, 3.63) is 10.5 Å². The minimum absolute atomic E-state index is 0.669. The lowest BCUT2D eigenvalue weighted by molar-refractivity contribution is -0.441. The summed E-state index contributed by atoms with van der Waals surface area (Å²) in [4.78, 5) is 0. The predicted molar refractivity (Wildman–Crippen MR) is 48.5 cm³/mol. The molecule has 0 fully saturated rings. The zero-order valence-corrected chi connectivity index (χ0v) is 11.0. The first-order valence-electron chi connectivity index (χ1n) is 5.01. The average molecular weight is 403 g/mol. The molecule has 0 saturated carbocycles. The molecule has 0 unspecified atom stereocenters. The summed E-state index contributed by atoms with van der Waals surface area (Å²) < 4.78 is 165. The van der Waals surface area contributed by atoms with E-state index in [-0.39, 0.29) is 0 Å². The van der Waals surface area contributed by atoms with E-state index in [0.717, 1.165) is 0 Å². The number of hydrogen-bond acceptors (Lipinski definition) is 3. The van der Waals surface area contributed by atoms with Crippen molar-refractivity contribution < 1.29 is 57.1 Å². The Balaban J connectivity index is 3.51. The maximum atomic E-state index is 13.3. The summed E-state index contributed by atoms with van der Waals surface area (Å²) in [5, 5.41) is 2.21. The summed E-state index contributed by atoms with van der Waals surface area (Å²) in [7, 11) is 0. The number of alkyl halides is 13. The molecule has 1 aromatic rings. The SMILES string of the molecule is FC(F)(F)C(F)(F)C(F)(F)C(F)(F)C(F)(F)C(F)(F)c1nn[c]s1. The molecule has 0 aliphatic heterocycles. The second-order valence-electron chi connectivity index (χ2n) is 4.07. The fourth-order valence-corrected chi connectivity index (χ4v) is 1.69. The highest BCUT2D eigenvalue weighted by Crippen LogP contribution is 2.62. The van der Waals surface area contributed by atoms with Gasteiger partial charge in [0.1, 0.15) is 0 Å². The molecule has 0 bridgehead atoms. The van der Waals surface area contributed by atoms with Crippen LogP contribution in [0.5, 0.6) is 0 Å². The van der Waals surface area contributed by atoms with Gasteiger partial charge in [0.05, 0.1) is 0 Å². The van der Waals surface area contributed by atoms with Crippen molar-refractivity contribution in [2.75, 3.05) is 0 Å². The lowest BCUT2D eigenvalue weighted by atomic mass is 9.94. The Kier molecular flexibility index (Phi) is 4.59. The van der Waals surface area contributed by atoms with Crippen LogP contribution in [0.3, 0.4) is 0 Å². The van der Waals surface area contributed by atoms with E-state index in [1.165, 1.54) is 5.51 Å². The van der Waals surface area contributed by atoms with Crippen molar-refractivity contribution in [1.82, 2.24) is 10.2 Å². The van der Waals surface area contributed by atoms with Crippen molar-refractivity contribution in [3.63, 3.8) is 0 Å². The molecule has 0 aliphatic carbocycles. The second-order valence-corrected chi connectivity index (χ2v) is 4.84. The summed E-state index contributed by atoms with van der Waals surface area (Å²) >= 11 is -0.669. The predicted octanol–water partition coefficient (Wildman–Crippen LogP) is 4.53. The Bertz CT molecular complexity index is 575. The largest absolute Gasteiger partial charge is 0.460 e. The molecule has 1 aromatic heterocycles. The summed E-state index contributed by atoms with van der Waals surface area (Å²) in [5.74, 6) is -37.2. The first-order chi connectivity index (χ1) is 10.4. The summed E-state index contributed by atoms with van der Waals surface area (Å²) in [6.45, 7) is 0. The van der Waals surface area contributed by atoms with Crippen molar-refractivity contribution in [1.29, 1.82) is 0 Å². The Morgan fingerprint density at radius 3 is 1.38 bits per heavy atom. The molecular formula is C8F13N2S.